The van der Waals surface area contributed by atoms with E-state index in [-0.39, 0.29) is 5.82 Å². The molecule has 2 fully saturated rings. The smallest absolute Gasteiger partial charge is 0.146 e. The van der Waals surface area contributed by atoms with Gasteiger partial charge in [-0.15, -0.1) is 0 Å². The number of aryl methyl sites for hydroxylation is 1. The molecule has 1 saturated heterocycles. The summed E-state index contributed by atoms with van der Waals surface area (Å²) in [5.41, 5.74) is 1.71. The van der Waals surface area contributed by atoms with E-state index in [0.717, 1.165) is 18.5 Å². The van der Waals surface area contributed by atoms with Crippen molar-refractivity contribution in [2.75, 3.05) is 11.9 Å². The van der Waals surface area contributed by atoms with Crippen molar-refractivity contribution in [1.29, 1.82) is 0 Å². The Morgan fingerprint density at radius 1 is 1.21 bits per heavy atom. The quantitative estimate of drug-likeness (QED) is 0.871. The van der Waals surface area contributed by atoms with Crippen molar-refractivity contribution in [1.82, 2.24) is 5.32 Å². The predicted molar refractivity (Wildman–Crippen MR) is 76.9 cm³/mol. The van der Waals surface area contributed by atoms with Crippen molar-refractivity contribution in [3.8, 4) is 0 Å². The van der Waals surface area contributed by atoms with Crippen LogP contribution in [0.25, 0.3) is 0 Å². The van der Waals surface area contributed by atoms with Crippen LogP contribution in [-0.4, -0.2) is 18.6 Å². The fraction of sp³-hybridized carbons (Fsp3) is 0.625. The third-order valence-electron chi connectivity index (χ3n) is 4.74. The SMILES string of the molecule is Cc1cccc(F)c1NC1CCCC1C1CCCN1. The number of hydrogen-bond acceptors (Lipinski definition) is 2. The molecule has 2 N–H and O–H groups in total. The van der Waals surface area contributed by atoms with Crippen LogP contribution in [0.2, 0.25) is 0 Å². The van der Waals surface area contributed by atoms with Crippen LogP contribution in [-0.2, 0) is 0 Å². The number of hydrogen-bond donors (Lipinski definition) is 2. The summed E-state index contributed by atoms with van der Waals surface area (Å²) in [6.45, 7) is 3.12. The summed E-state index contributed by atoms with van der Waals surface area (Å²) < 4.78 is 13.9. The van der Waals surface area contributed by atoms with Crippen molar-refractivity contribution >= 4 is 5.69 Å². The van der Waals surface area contributed by atoms with Crippen molar-refractivity contribution in [3.05, 3.63) is 29.6 Å². The molecule has 1 saturated carbocycles. The summed E-state index contributed by atoms with van der Waals surface area (Å²) >= 11 is 0. The largest absolute Gasteiger partial charge is 0.379 e. The molecule has 104 valence electrons. The van der Waals surface area contributed by atoms with Gasteiger partial charge in [-0.3, -0.25) is 0 Å². The van der Waals surface area contributed by atoms with Crippen molar-refractivity contribution in [2.24, 2.45) is 5.92 Å². The lowest BCUT2D eigenvalue weighted by Gasteiger charge is -2.28. The van der Waals surface area contributed by atoms with Gasteiger partial charge in [-0.2, -0.15) is 0 Å². The first-order chi connectivity index (χ1) is 9.25. The molecule has 2 aliphatic rings. The van der Waals surface area contributed by atoms with E-state index in [9.17, 15) is 4.39 Å². The molecule has 3 atom stereocenters. The molecule has 3 rings (SSSR count). The van der Waals surface area contributed by atoms with E-state index < -0.39 is 0 Å². The van der Waals surface area contributed by atoms with Crippen LogP contribution < -0.4 is 10.6 Å². The van der Waals surface area contributed by atoms with Crippen LogP contribution in [0.3, 0.4) is 0 Å². The molecule has 0 bridgehead atoms. The molecule has 0 amide bonds. The monoisotopic (exact) mass is 262 g/mol. The van der Waals surface area contributed by atoms with Crippen LogP contribution in [0.4, 0.5) is 10.1 Å². The number of rotatable bonds is 3. The van der Waals surface area contributed by atoms with Gasteiger partial charge in [0.15, 0.2) is 0 Å². The van der Waals surface area contributed by atoms with E-state index in [0.29, 0.717) is 23.7 Å². The number of benzene rings is 1. The first kappa shape index (κ1) is 12.9. The minimum Gasteiger partial charge on any atom is -0.379 e. The molecule has 2 nitrogen and oxygen atoms in total. The number of para-hydroxylation sites is 1. The Hall–Kier alpha value is -1.09. The summed E-state index contributed by atoms with van der Waals surface area (Å²) in [5.74, 6) is 0.534. The Labute approximate surface area is 114 Å². The average molecular weight is 262 g/mol. The van der Waals surface area contributed by atoms with Gasteiger partial charge in [-0.05, 0) is 56.7 Å². The predicted octanol–water partition coefficient (Wildman–Crippen LogP) is 3.47. The highest BCUT2D eigenvalue weighted by molar-refractivity contribution is 5.52. The van der Waals surface area contributed by atoms with Crippen LogP contribution in [0.5, 0.6) is 0 Å². The van der Waals surface area contributed by atoms with Crippen LogP contribution in [0, 0.1) is 18.7 Å². The average Bonchev–Trinajstić information content (AvgIpc) is 3.04. The highest BCUT2D eigenvalue weighted by Crippen LogP contribution is 2.35. The van der Waals surface area contributed by atoms with Crippen LogP contribution in [0.15, 0.2) is 18.2 Å². The van der Waals surface area contributed by atoms with E-state index in [1.54, 1.807) is 12.1 Å². The van der Waals surface area contributed by atoms with Crippen LogP contribution in [0.1, 0.15) is 37.7 Å². The zero-order valence-corrected chi connectivity index (χ0v) is 11.6. The molecule has 3 heteroatoms. The molecule has 1 aliphatic carbocycles. The zero-order valence-electron chi connectivity index (χ0n) is 11.6. The molecule has 0 spiro atoms. The first-order valence-electron chi connectivity index (χ1n) is 7.51. The fourth-order valence-corrected chi connectivity index (χ4v) is 3.73. The van der Waals surface area contributed by atoms with E-state index in [1.165, 1.54) is 25.7 Å². The van der Waals surface area contributed by atoms with Gasteiger partial charge in [0.2, 0.25) is 0 Å². The van der Waals surface area contributed by atoms with Gasteiger partial charge < -0.3 is 10.6 Å². The molecule has 0 radical (unpaired) electrons. The molecule has 1 aliphatic heterocycles. The topological polar surface area (TPSA) is 24.1 Å². The van der Waals surface area contributed by atoms with Crippen molar-refractivity contribution < 1.29 is 4.39 Å². The Morgan fingerprint density at radius 3 is 2.84 bits per heavy atom. The van der Waals surface area contributed by atoms with E-state index in [4.69, 9.17) is 0 Å². The second-order valence-electron chi connectivity index (χ2n) is 5.98. The molecule has 1 heterocycles. The van der Waals surface area contributed by atoms with Gasteiger partial charge in [0.25, 0.3) is 0 Å². The molecular formula is C16H23FN2. The second-order valence-corrected chi connectivity index (χ2v) is 5.98. The highest BCUT2D eigenvalue weighted by Gasteiger charge is 2.35. The van der Waals surface area contributed by atoms with Crippen molar-refractivity contribution in [2.45, 2.75) is 51.1 Å². The van der Waals surface area contributed by atoms with Gasteiger partial charge >= 0.3 is 0 Å². The normalized spacial score (nSPS) is 30.7. The molecule has 1 aromatic carbocycles. The Balaban J connectivity index is 1.74. The maximum atomic E-state index is 13.9. The highest BCUT2D eigenvalue weighted by atomic mass is 19.1. The van der Waals surface area contributed by atoms with Gasteiger partial charge in [0, 0.05) is 12.1 Å². The van der Waals surface area contributed by atoms with Gasteiger partial charge in [-0.25, -0.2) is 4.39 Å². The maximum absolute atomic E-state index is 13.9. The van der Waals surface area contributed by atoms with E-state index in [1.807, 2.05) is 13.0 Å². The Kier molecular flexibility index (Phi) is 3.74. The lowest BCUT2D eigenvalue weighted by atomic mass is 9.92. The standard InChI is InChI=1S/C16H23FN2/c1-11-5-2-7-13(17)16(11)19-15-8-3-6-12(15)14-9-4-10-18-14/h2,5,7,12,14-15,18-19H,3-4,6,8-10H2,1H3. The summed E-state index contributed by atoms with van der Waals surface area (Å²) in [6.07, 6.45) is 6.25. The Bertz CT molecular complexity index is 420. The molecule has 3 unspecified atom stereocenters. The number of nitrogens with one attached hydrogen (secondary N) is 2. The first-order valence-corrected chi connectivity index (χ1v) is 7.51. The summed E-state index contributed by atoms with van der Waals surface area (Å²) in [5, 5.41) is 7.10. The van der Waals surface area contributed by atoms with Gasteiger partial charge in [0.1, 0.15) is 5.82 Å². The van der Waals surface area contributed by atoms with Gasteiger partial charge in [-0.1, -0.05) is 18.6 Å². The third kappa shape index (κ3) is 2.62. The van der Waals surface area contributed by atoms with E-state index >= 15 is 0 Å². The molecule has 19 heavy (non-hydrogen) atoms. The summed E-state index contributed by atoms with van der Waals surface area (Å²) in [4.78, 5) is 0. The third-order valence-corrected chi connectivity index (χ3v) is 4.74. The molecule has 1 aromatic rings. The second kappa shape index (κ2) is 5.49. The molecule has 0 aromatic heterocycles. The van der Waals surface area contributed by atoms with Crippen LogP contribution >= 0.6 is 0 Å². The maximum Gasteiger partial charge on any atom is 0.146 e. The zero-order chi connectivity index (χ0) is 13.2. The Morgan fingerprint density at radius 2 is 2.11 bits per heavy atom. The number of halogens is 1. The fourth-order valence-electron chi connectivity index (χ4n) is 3.73. The van der Waals surface area contributed by atoms with Gasteiger partial charge in [0.05, 0.1) is 5.69 Å². The summed E-state index contributed by atoms with van der Waals surface area (Å²) in [6, 6.07) is 6.36. The lowest BCUT2D eigenvalue weighted by Crippen LogP contribution is -2.38. The minimum absolute atomic E-state index is 0.120. The lowest BCUT2D eigenvalue weighted by molar-refractivity contribution is 0.375. The minimum atomic E-state index is -0.120. The molecular weight excluding hydrogens is 239 g/mol. The summed E-state index contributed by atoms with van der Waals surface area (Å²) in [7, 11) is 0. The van der Waals surface area contributed by atoms with Crippen molar-refractivity contribution in [3.63, 3.8) is 0 Å². The number of anilines is 1. The van der Waals surface area contributed by atoms with E-state index in [2.05, 4.69) is 10.6 Å².